The highest BCUT2D eigenvalue weighted by molar-refractivity contribution is 7.99. The largest absolute Gasteiger partial charge is 0.480 e. The van der Waals surface area contributed by atoms with E-state index in [4.69, 9.17) is 0 Å². The molecule has 23 heavy (non-hydrogen) atoms. The van der Waals surface area contributed by atoms with Gasteiger partial charge in [0, 0.05) is 0 Å². The number of carbonyl (C=O) groups excluding carboxylic acids is 2. The lowest BCUT2D eigenvalue weighted by atomic mass is 10.1. The third kappa shape index (κ3) is 4.35. The first kappa shape index (κ1) is 18.4. The Morgan fingerprint density at radius 2 is 2.17 bits per heavy atom. The highest BCUT2D eigenvalue weighted by atomic mass is 32.2. The number of carboxylic acids is 1. The second-order valence-electron chi connectivity index (χ2n) is 6.01. The molecule has 0 aromatic carbocycles. The summed E-state index contributed by atoms with van der Waals surface area (Å²) >= 11 is 5.91. The van der Waals surface area contributed by atoms with Gasteiger partial charge in [0.05, 0.1) is 10.6 Å². The third-order valence-electron chi connectivity index (χ3n) is 4.34. The van der Waals surface area contributed by atoms with E-state index in [1.807, 2.05) is 6.92 Å². The molecule has 130 valence electrons. The zero-order valence-electron chi connectivity index (χ0n) is 13.2. The molecule has 0 bridgehead atoms. The lowest BCUT2D eigenvalue weighted by Gasteiger charge is -2.28. The molecule has 2 fully saturated rings. The van der Waals surface area contributed by atoms with Crippen molar-refractivity contribution >= 4 is 42.2 Å². The molecule has 0 aromatic rings. The van der Waals surface area contributed by atoms with Crippen molar-refractivity contribution in [3.63, 3.8) is 0 Å². The fraction of sp³-hybridized carbons (Fsp3) is 0.800. The normalized spacial score (nSPS) is 28.9. The number of unbranched alkanes of at least 4 members (excludes halogenated alkanes) is 1. The molecule has 0 aromatic heterocycles. The van der Waals surface area contributed by atoms with Crippen LogP contribution in [0.15, 0.2) is 0 Å². The Morgan fingerprint density at radius 3 is 2.83 bits per heavy atom. The van der Waals surface area contributed by atoms with Crippen molar-refractivity contribution in [2.24, 2.45) is 0 Å². The van der Waals surface area contributed by atoms with Gasteiger partial charge in [0.15, 0.2) is 0 Å². The van der Waals surface area contributed by atoms with Crippen LogP contribution in [0.2, 0.25) is 0 Å². The molecule has 2 heterocycles. The van der Waals surface area contributed by atoms with Crippen LogP contribution in [-0.4, -0.2) is 56.3 Å². The molecular weight excluding hydrogens is 336 g/mol. The van der Waals surface area contributed by atoms with E-state index in [0.29, 0.717) is 25.7 Å². The van der Waals surface area contributed by atoms with Crippen molar-refractivity contribution < 1.29 is 19.5 Å². The topological polar surface area (TPSA) is 86.7 Å². The number of hydrogen-bond donors (Lipinski definition) is 3. The minimum absolute atomic E-state index is 0.0857. The zero-order valence-corrected chi connectivity index (χ0v) is 14.9. The van der Waals surface area contributed by atoms with Crippen LogP contribution in [0.4, 0.5) is 0 Å². The Labute approximate surface area is 146 Å². The molecule has 2 N–H and O–H groups in total. The van der Waals surface area contributed by atoms with Gasteiger partial charge in [-0.3, -0.25) is 9.59 Å². The number of hydrogen-bond acceptors (Lipinski definition) is 5. The molecular formula is C15H24N2O4S2. The number of aliphatic carboxylic acids is 1. The maximum absolute atomic E-state index is 12.7. The Hall–Kier alpha value is -0.890. The van der Waals surface area contributed by atoms with E-state index < -0.39 is 23.3 Å². The van der Waals surface area contributed by atoms with Gasteiger partial charge in [0.1, 0.15) is 12.1 Å². The molecule has 0 radical (unpaired) electrons. The second kappa shape index (κ2) is 8.28. The number of thiol groups is 1. The van der Waals surface area contributed by atoms with Crippen molar-refractivity contribution in [3.8, 4) is 0 Å². The van der Waals surface area contributed by atoms with Gasteiger partial charge in [-0.15, -0.1) is 11.8 Å². The monoisotopic (exact) mass is 360 g/mol. The van der Waals surface area contributed by atoms with Crippen LogP contribution in [0.3, 0.4) is 0 Å². The summed E-state index contributed by atoms with van der Waals surface area (Å²) in [6.07, 6.45) is 4.27. The quantitative estimate of drug-likeness (QED) is 0.625. The molecule has 4 atom stereocenters. The summed E-state index contributed by atoms with van der Waals surface area (Å²) in [6, 6.07) is -1.42. The van der Waals surface area contributed by atoms with Crippen molar-refractivity contribution in [1.82, 2.24) is 10.2 Å². The van der Waals surface area contributed by atoms with Crippen LogP contribution in [0.5, 0.6) is 0 Å². The zero-order chi connectivity index (χ0) is 17.0. The summed E-state index contributed by atoms with van der Waals surface area (Å²) in [5.41, 5.74) is 0. The van der Waals surface area contributed by atoms with E-state index in [0.717, 1.165) is 18.6 Å². The number of nitrogens with zero attached hydrogens (tertiary/aromatic N) is 1. The van der Waals surface area contributed by atoms with Crippen LogP contribution in [-0.2, 0) is 14.4 Å². The fourth-order valence-electron chi connectivity index (χ4n) is 3.04. The molecule has 0 spiro atoms. The van der Waals surface area contributed by atoms with Gasteiger partial charge in [-0.05, 0) is 31.4 Å². The Kier molecular flexibility index (Phi) is 6.64. The van der Waals surface area contributed by atoms with Gasteiger partial charge in [0.2, 0.25) is 11.8 Å². The summed E-state index contributed by atoms with van der Waals surface area (Å²) < 4.78 is 0. The second-order valence-corrected chi connectivity index (χ2v) is 7.92. The van der Waals surface area contributed by atoms with Gasteiger partial charge in [-0.2, -0.15) is 12.6 Å². The summed E-state index contributed by atoms with van der Waals surface area (Å²) in [5, 5.41) is 11.6. The maximum Gasteiger partial charge on any atom is 0.326 e. The van der Waals surface area contributed by atoms with E-state index in [1.165, 1.54) is 4.90 Å². The molecule has 2 aliphatic heterocycles. The summed E-state index contributed by atoms with van der Waals surface area (Å²) in [4.78, 5) is 37.8. The fourth-order valence-corrected chi connectivity index (χ4v) is 4.65. The molecule has 2 aliphatic rings. The van der Waals surface area contributed by atoms with Gasteiger partial charge >= 0.3 is 5.97 Å². The average molecular weight is 361 g/mol. The first-order valence-electron chi connectivity index (χ1n) is 8.10. The minimum atomic E-state index is -0.969. The van der Waals surface area contributed by atoms with Crippen molar-refractivity contribution in [2.45, 2.75) is 68.2 Å². The SMILES string of the molecule is CCCCC(S)C(=O)NC1CCSC2CCC(C(=O)O)N2C1=O. The molecule has 2 amide bonds. The summed E-state index contributed by atoms with van der Waals surface area (Å²) in [6.45, 7) is 2.05. The number of nitrogens with one attached hydrogen (secondary N) is 1. The highest BCUT2D eigenvalue weighted by Gasteiger charge is 2.45. The molecule has 8 heteroatoms. The summed E-state index contributed by atoms with van der Waals surface area (Å²) in [5.74, 6) is -0.747. The molecule has 0 aliphatic carbocycles. The maximum atomic E-state index is 12.7. The van der Waals surface area contributed by atoms with Crippen LogP contribution >= 0.6 is 24.4 Å². The van der Waals surface area contributed by atoms with Gasteiger partial charge in [-0.1, -0.05) is 19.8 Å². The van der Waals surface area contributed by atoms with E-state index >= 15 is 0 Å². The van der Waals surface area contributed by atoms with Gasteiger partial charge in [-0.25, -0.2) is 4.79 Å². The van der Waals surface area contributed by atoms with Crippen LogP contribution in [0.1, 0.15) is 45.4 Å². The van der Waals surface area contributed by atoms with Gasteiger partial charge < -0.3 is 15.3 Å². The lowest BCUT2D eigenvalue weighted by molar-refractivity contribution is -0.149. The Morgan fingerprint density at radius 1 is 1.43 bits per heavy atom. The highest BCUT2D eigenvalue weighted by Crippen LogP contribution is 2.35. The van der Waals surface area contributed by atoms with Gasteiger partial charge in [0.25, 0.3) is 0 Å². The van der Waals surface area contributed by atoms with E-state index in [9.17, 15) is 19.5 Å². The van der Waals surface area contributed by atoms with E-state index in [2.05, 4.69) is 17.9 Å². The predicted octanol–water partition coefficient (Wildman–Crippen LogP) is 1.50. The van der Waals surface area contributed by atoms with Crippen molar-refractivity contribution in [3.05, 3.63) is 0 Å². The smallest absolute Gasteiger partial charge is 0.326 e. The standard InChI is InChI=1S/C15H24N2O4S2/c1-2-3-4-11(22)13(18)16-9-7-8-23-12-6-5-10(15(20)21)17(12)14(9)19/h9-12,22H,2-8H2,1H3,(H,16,18)(H,20,21). The predicted molar refractivity (Wildman–Crippen MR) is 92.6 cm³/mol. The number of fused-ring (bicyclic) bond motifs is 1. The Balaban J connectivity index is 2.03. The first-order valence-corrected chi connectivity index (χ1v) is 9.67. The average Bonchev–Trinajstić information content (AvgIpc) is 2.88. The third-order valence-corrected chi connectivity index (χ3v) is 6.15. The van der Waals surface area contributed by atoms with Crippen molar-refractivity contribution in [1.29, 1.82) is 0 Å². The lowest BCUT2D eigenvalue weighted by Crippen LogP contribution is -2.53. The number of amides is 2. The molecule has 6 nitrogen and oxygen atoms in total. The molecule has 4 unspecified atom stereocenters. The van der Waals surface area contributed by atoms with E-state index in [-0.39, 0.29) is 17.2 Å². The molecule has 0 saturated carbocycles. The number of carboxylic acid groups (broad SMARTS) is 1. The number of rotatable bonds is 6. The molecule has 2 saturated heterocycles. The minimum Gasteiger partial charge on any atom is -0.480 e. The first-order chi connectivity index (χ1) is 11.0. The summed E-state index contributed by atoms with van der Waals surface area (Å²) in [7, 11) is 0. The van der Waals surface area contributed by atoms with E-state index in [1.54, 1.807) is 11.8 Å². The van der Waals surface area contributed by atoms with Crippen LogP contribution in [0.25, 0.3) is 0 Å². The Bertz CT molecular complexity index is 474. The molecule has 2 rings (SSSR count). The number of thioether (sulfide) groups is 1. The van der Waals surface area contributed by atoms with Crippen molar-refractivity contribution in [2.75, 3.05) is 5.75 Å². The van der Waals surface area contributed by atoms with Crippen LogP contribution < -0.4 is 5.32 Å². The van der Waals surface area contributed by atoms with Crippen LogP contribution in [0, 0.1) is 0 Å². The number of carbonyl (C=O) groups is 3.